The van der Waals surface area contributed by atoms with Gasteiger partial charge in [-0.05, 0) is 44.4 Å². The fourth-order valence-corrected chi connectivity index (χ4v) is 5.88. The molecule has 0 amide bonds. The molecule has 0 spiro atoms. The van der Waals surface area contributed by atoms with Crippen molar-refractivity contribution in [1.82, 2.24) is 5.32 Å². The summed E-state index contributed by atoms with van der Waals surface area (Å²) >= 11 is 6.03. The maximum atomic E-state index is 3.93. The minimum absolute atomic E-state index is 0.785. The zero-order valence-corrected chi connectivity index (χ0v) is 12.2. The van der Waals surface area contributed by atoms with Gasteiger partial charge in [-0.1, -0.05) is 28.8 Å². The maximum absolute atomic E-state index is 3.93. The fourth-order valence-electron chi connectivity index (χ4n) is 3.52. The van der Waals surface area contributed by atoms with Gasteiger partial charge in [0.15, 0.2) is 0 Å². The van der Waals surface area contributed by atoms with Crippen molar-refractivity contribution < 1.29 is 0 Å². The molecule has 16 heavy (non-hydrogen) atoms. The molecule has 0 radical (unpaired) electrons. The Morgan fingerprint density at radius 2 is 1.69 bits per heavy atom. The van der Waals surface area contributed by atoms with Crippen LogP contribution in [0.4, 0.5) is 0 Å². The van der Waals surface area contributed by atoms with Crippen LogP contribution >= 0.6 is 27.7 Å². The van der Waals surface area contributed by atoms with E-state index in [0.29, 0.717) is 0 Å². The van der Waals surface area contributed by atoms with E-state index in [-0.39, 0.29) is 0 Å². The highest BCUT2D eigenvalue weighted by molar-refractivity contribution is 9.09. The second kappa shape index (κ2) is 5.19. The monoisotopic (exact) mass is 303 g/mol. The highest BCUT2D eigenvalue weighted by Crippen LogP contribution is 2.43. The largest absolute Gasteiger partial charge is 0.301 e. The lowest BCUT2D eigenvalue weighted by Crippen LogP contribution is -2.38. The van der Waals surface area contributed by atoms with Crippen LogP contribution in [0.5, 0.6) is 0 Å². The Kier molecular flexibility index (Phi) is 3.85. The molecule has 0 aromatic rings. The summed E-state index contributed by atoms with van der Waals surface area (Å²) in [5, 5.41) is 5.66. The van der Waals surface area contributed by atoms with Gasteiger partial charge in [0.05, 0.1) is 5.37 Å². The van der Waals surface area contributed by atoms with Crippen molar-refractivity contribution in [2.24, 2.45) is 5.92 Å². The third-order valence-corrected chi connectivity index (χ3v) is 7.18. The predicted molar refractivity (Wildman–Crippen MR) is 75.2 cm³/mol. The summed E-state index contributed by atoms with van der Waals surface area (Å²) in [6, 6.07) is 0.852. The third kappa shape index (κ3) is 2.46. The number of alkyl halides is 1. The van der Waals surface area contributed by atoms with E-state index in [9.17, 15) is 0 Å². The minimum atomic E-state index is 0.785. The van der Waals surface area contributed by atoms with Crippen molar-refractivity contribution in [3.63, 3.8) is 0 Å². The summed E-state index contributed by atoms with van der Waals surface area (Å²) in [5.74, 6) is 0.949. The summed E-state index contributed by atoms with van der Waals surface area (Å²) in [7, 11) is 0. The van der Waals surface area contributed by atoms with Gasteiger partial charge in [-0.25, -0.2) is 0 Å². The molecule has 1 aliphatic heterocycles. The Balaban J connectivity index is 1.56. The van der Waals surface area contributed by atoms with Crippen LogP contribution in [0, 0.1) is 5.92 Å². The standard InChI is InChI=1S/C13H22BrNS/c14-10-7-5-9(6-8-10)13-15-11-3-1-2-4-12(11)16-13/h9-13,15H,1-8H2. The first-order chi connectivity index (χ1) is 7.83. The molecule has 3 fully saturated rings. The molecular weight excluding hydrogens is 282 g/mol. The molecule has 1 nitrogen and oxygen atoms in total. The molecule has 1 N–H and O–H groups in total. The van der Waals surface area contributed by atoms with Gasteiger partial charge in [0.25, 0.3) is 0 Å². The van der Waals surface area contributed by atoms with Gasteiger partial charge in [0, 0.05) is 16.1 Å². The summed E-state index contributed by atoms with van der Waals surface area (Å²) < 4.78 is 0. The molecule has 0 bridgehead atoms. The molecule has 1 saturated heterocycles. The lowest BCUT2D eigenvalue weighted by molar-refractivity contribution is 0.309. The van der Waals surface area contributed by atoms with E-state index in [2.05, 4.69) is 33.0 Å². The molecule has 3 aliphatic rings. The van der Waals surface area contributed by atoms with Crippen LogP contribution in [0.2, 0.25) is 0 Å². The average molecular weight is 304 g/mol. The number of thioether (sulfide) groups is 1. The van der Waals surface area contributed by atoms with E-state index < -0.39 is 0 Å². The highest BCUT2D eigenvalue weighted by Gasteiger charge is 2.39. The van der Waals surface area contributed by atoms with Crippen molar-refractivity contribution in [3.8, 4) is 0 Å². The van der Waals surface area contributed by atoms with E-state index in [4.69, 9.17) is 0 Å². The molecule has 3 unspecified atom stereocenters. The number of hydrogen-bond acceptors (Lipinski definition) is 2. The van der Waals surface area contributed by atoms with Crippen molar-refractivity contribution >= 4 is 27.7 Å². The first kappa shape index (κ1) is 11.9. The summed E-state index contributed by atoms with van der Waals surface area (Å²) in [6.45, 7) is 0. The zero-order valence-electron chi connectivity index (χ0n) is 9.83. The van der Waals surface area contributed by atoms with Crippen molar-refractivity contribution in [2.75, 3.05) is 0 Å². The summed E-state index contributed by atoms with van der Waals surface area (Å²) in [6.07, 6.45) is 11.5. The van der Waals surface area contributed by atoms with Crippen LogP contribution in [-0.4, -0.2) is 21.5 Å². The van der Waals surface area contributed by atoms with Gasteiger partial charge in [0.2, 0.25) is 0 Å². The molecule has 2 saturated carbocycles. The molecule has 3 atom stereocenters. The van der Waals surface area contributed by atoms with Crippen LogP contribution in [-0.2, 0) is 0 Å². The van der Waals surface area contributed by atoms with Crippen LogP contribution in [0.25, 0.3) is 0 Å². The molecule has 1 heterocycles. The van der Waals surface area contributed by atoms with E-state index in [1.54, 1.807) is 0 Å². The molecular formula is C13H22BrNS. The number of fused-ring (bicyclic) bond motifs is 1. The van der Waals surface area contributed by atoms with Crippen molar-refractivity contribution in [1.29, 1.82) is 0 Å². The zero-order chi connectivity index (χ0) is 11.0. The second-order valence-electron chi connectivity index (χ2n) is 5.66. The number of nitrogens with one attached hydrogen (secondary N) is 1. The summed E-state index contributed by atoms with van der Waals surface area (Å²) in [4.78, 5) is 0.803. The average Bonchev–Trinajstić information content (AvgIpc) is 2.73. The predicted octanol–water partition coefficient (Wildman–Crippen LogP) is 3.91. The smallest absolute Gasteiger partial charge is 0.0566 e. The molecule has 3 heteroatoms. The molecule has 92 valence electrons. The van der Waals surface area contributed by atoms with E-state index in [0.717, 1.165) is 27.4 Å². The van der Waals surface area contributed by atoms with Gasteiger partial charge in [-0.2, -0.15) is 0 Å². The highest BCUT2D eigenvalue weighted by atomic mass is 79.9. The third-order valence-electron chi connectivity index (χ3n) is 4.53. The second-order valence-corrected chi connectivity index (χ2v) is 8.35. The Morgan fingerprint density at radius 1 is 0.938 bits per heavy atom. The van der Waals surface area contributed by atoms with E-state index in [1.807, 2.05) is 0 Å². The lowest BCUT2D eigenvalue weighted by Gasteiger charge is -2.29. The first-order valence-corrected chi connectivity index (χ1v) is 8.74. The Hall–Kier alpha value is 0.790. The van der Waals surface area contributed by atoms with Crippen LogP contribution < -0.4 is 5.32 Å². The lowest BCUT2D eigenvalue weighted by atomic mass is 9.88. The van der Waals surface area contributed by atoms with Gasteiger partial charge in [-0.15, -0.1) is 11.8 Å². The Bertz CT molecular complexity index is 226. The number of halogens is 1. The Morgan fingerprint density at radius 3 is 2.44 bits per heavy atom. The van der Waals surface area contributed by atoms with Crippen LogP contribution in [0.1, 0.15) is 51.4 Å². The van der Waals surface area contributed by atoms with E-state index in [1.165, 1.54) is 51.4 Å². The first-order valence-electron chi connectivity index (χ1n) is 6.88. The maximum Gasteiger partial charge on any atom is 0.0566 e. The molecule has 3 rings (SSSR count). The fraction of sp³-hybridized carbons (Fsp3) is 1.00. The van der Waals surface area contributed by atoms with Gasteiger partial charge in [0.1, 0.15) is 0 Å². The number of rotatable bonds is 1. The molecule has 2 aliphatic carbocycles. The normalized spacial score (nSPS) is 48.9. The van der Waals surface area contributed by atoms with Crippen LogP contribution in [0.15, 0.2) is 0 Å². The molecule has 0 aromatic carbocycles. The van der Waals surface area contributed by atoms with Crippen LogP contribution in [0.3, 0.4) is 0 Å². The minimum Gasteiger partial charge on any atom is -0.301 e. The SMILES string of the molecule is BrC1CCC(C2NC3CCCCC3S2)CC1. The summed E-state index contributed by atoms with van der Waals surface area (Å²) in [5.41, 5.74) is 0. The number of hydrogen-bond donors (Lipinski definition) is 1. The van der Waals surface area contributed by atoms with Gasteiger partial charge in [-0.3, -0.25) is 0 Å². The topological polar surface area (TPSA) is 12.0 Å². The molecule has 0 aromatic heterocycles. The Labute approximate surface area is 112 Å². The van der Waals surface area contributed by atoms with E-state index >= 15 is 0 Å². The van der Waals surface area contributed by atoms with Gasteiger partial charge < -0.3 is 5.32 Å². The van der Waals surface area contributed by atoms with Gasteiger partial charge >= 0.3 is 0 Å². The van der Waals surface area contributed by atoms with Crippen molar-refractivity contribution in [3.05, 3.63) is 0 Å². The van der Waals surface area contributed by atoms with Crippen molar-refractivity contribution in [2.45, 2.75) is 72.9 Å². The quantitative estimate of drug-likeness (QED) is 0.737.